The highest BCUT2D eigenvalue weighted by Crippen LogP contribution is 2.65. The van der Waals surface area contributed by atoms with Crippen LogP contribution in [0.15, 0.2) is 11.6 Å². The minimum absolute atomic E-state index is 0.489. The number of hydrogen-bond donors (Lipinski definition) is 2. The van der Waals surface area contributed by atoms with Crippen molar-refractivity contribution in [1.29, 1.82) is 0 Å². The van der Waals surface area contributed by atoms with Crippen molar-refractivity contribution >= 4 is 12.6 Å². The summed E-state index contributed by atoms with van der Waals surface area (Å²) in [4.78, 5) is 5.34. The standard InChI is InChI=1S/C22H39N3S/c1-14(2)17-6-8-24(9-7-17)16(5)10-19(26)21-18-11-22(18)13-25(15(3)4)12-20(22)23-21/h6,14-16,18-21,23,26H,7-13H2,1-5H3. The first kappa shape index (κ1) is 19.3. The lowest BCUT2D eigenvalue weighted by Gasteiger charge is -2.35. The monoisotopic (exact) mass is 377 g/mol. The summed E-state index contributed by atoms with van der Waals surface area (Å²) >= 11 is 5.11. The second-order valence-electron chi connectivity index (χ2n) is 10.1. The van der Waals surface area contributed by atoms with E-state index in [9.17, 15) is 0 Å². The molecule has 3 heterocycles. The molecule has 4 aliphatic rings. The van der Waals surface area contributed by atoms with Crippen molar-refractivity contribution in [1.82, 2.24) is 15.1 Å². The minimum atomic E-state index is 0.489. The second-order valence-corrected chi connectivity index (χ2v) is 10.8. The van der Waals surface area contributed by atoms with Crippen LogP contribution < -0.4 is 5.32 Å². The van der Waals surface area contributed by atoms with Crippen LogP contribution in [0.3, 0.4) is 0 Å². The fourth-order valence-electron chi connectivity index (χ4n) is 6.00. The molecule has 0 aromatic rings. The average Bonchev–Trinajstić information content (AvgIpc) is 3.05. The fourth-order valence-corrected chi connectivity index (χ4v) is 6.60. The third-order valence-electron chi connectivity index (χ3n) is 7.98. The molecule has 148 valence electrons. The number of piperidine rings is 1. The first-order valence-electron chi connectivity index (χ1n) is 10.9. The van der Waals surface area contributed by atoms with Crippen LogP contribution in [0.5, 0.6) is 0 Å². The van der Waals surface area contributed by atoms with E-state index in [4.69, 9.17) is 12.6 Å². The third-order valence-corrected chi connectivity index (χ3v) is 8.51. The molecule has 6 unspecified atom stereocenters. The first-order chi connectivity index (χ1) is 12.3. The summed E-state index contributed by atoms with van der Waals surface area (Å²) in [5.41, 5.74) is 2.25. The van der Waals surface area contributed by atoms with Crippen molar-refractivity contribution in [3.63, 3.8) is 0 Å². The van der Waals surface area contributed by atoms with Gasteiger partial charge in [-0.15, -0.1) is 0 Å². The van der Waals surface area contributed by atoms with Crippen molar-refractivity contribution in [2.45, 2.75) is 83.3 Å². The van der Waals surface area contributed by atoms with E-state index in [1.54, 1.807) is 5.57 Å². The summed E-state index contributed by atoms with van der Waals surface area (Å²) in [6.07, 6.45) is 6.37. The Morgan fingerprint density at radius 2 is 2.00 bits per heavy atom. The zero-order chi connectivity index (χ0) is 18.6. The molecule has 1 saturated carbocycles. The molecular formula is C22H39N3S. The Morgan fingerprint density at radius 3 is 2.58 bits per heavy atom. The van der Waals surface area contributed by atoms with E-state index in [0.29, 0.717) is 34.7 Å². The Morgan fingerprint density at radius 1 is 1.23 bits per heavy atom. The van der Waals surface area contributed by atoms with E-state index < -0.39 is 0 Å². The van der Waals surface area contributed by atoms with Crippen LogP contribution in [0.25, 0.3) is 0 Å². The largest absolute Gasteiger partial charge is 0.308 e. The van der Waals surface area contributed by atoms with Gasteiger partial charge in [-0.3, -0.25) is 9.80 Å². The van der Waals surface area contributed by atoms with Crippen LogP contribution in [0.1, 0.15) is 53.9 Å². The van der Waals surface area contributed by atoms with Gasteiger partial charge < -0.3 is 5.32 Å². The van der Waals surface area contributed by atoms with Gasteiger partial charge >= 0.3 is 0 Å². The van der Waals surface area contributed by atoms with E-state index in [1.807, 2.05) is 0 Å². The molecule has 2 saturated heterocycles. The van der Waals surface area contributed by atoms with Crippen LogP contribution in [0.4, 0.5) is 0 Å². The van der Waals surface area contributed by atoms with Gasteiger partial charge in [0.15, 0.2) is 0 Å². The topological polar surface area (TPSA) is 18.5 Å². The molecule has 0 aromatic carbocycles. The molecule has 1 N–H and O–H groups in total. The van der Waals surface area contributed by atoms with Crippen LogP contribution in [0, 0.1) is 17.3 Å². The summed E-state index contributed by atoms with van der Waals surface area (Å²) in [5.74, 6) is 1.59. The number of likely N-dealkylation sites (tertiary alicyclic amines) is 1. The summed E-state index contributed by atoms with van der Waals surface area (Å²) in [7, 11) is 0. The third kappa shape index (κ3) is 3.29. The van der Waals surface area contributed by atoms with Crippen LogP contribution in [0.2, 0.25) is 0 Å². The molecule has 4 rings (SSSR count). The van der Waals surface area contributed by atoms with Gasteiger partial charge in [0.25, 0.3) is 0 Å². The van der Waals surface area contributed by atoms with Gasteiger partial charge in [0.05, 0.1) is 0 Å². The molecule has 1 aliphatic carbocycles. The molecule has 0 radical (unpaired) electrons. The maximum atomic E-state index is 5.11. The molecule has 0 aromatic heterocycles. The maximum absolute atomic E-state index is 5.11. The lowest BCUT2D eigenvalue weighted by molar-refractivity contribution is 0.203. The number of rotatable bonds is 6. The highest BCUT2D eigenvalue weighted by molar-refractivity contribution is 7.81. The first-order valence-corrected chi connectivity index (χ1v) is 11.4. The lowest BCUT2D eigenvalue weighted by Crippen LogP contribution is -2.46. The molecule has 0 bridgehead atoms. The van der Waals surface area contributed by atoms with Crippen molar-refractivity contribution in [2.75, 3.05) is 26.2 Å². The molecule has 3 nitrogen and oxygen atoms in total. The number of hydrogen-bond acceptors (Lipinski definition) is 4. The van der Waals surface area contributed by atoms with Gasteiger partial charge in [-0.25, -0.2) is 0 Å². The minimum Gasteiger partial charge on any atom is -0.308 e. The van der Waals surface area contributed by atoms with Gasteiger partial charge in [-0.05, 0) is 51.9 Å². The predicted octanol–water partition coefficient (Wildman–Crippen LogP) is 3.42. The molecule has 4 heteroatoms. The highest BCUT2D eigenvalue weighted by Gasteiger charge is 2.70. The molecule has 3 fully saturated rings. The van der Waals surface area contributed by atoms with Crippen molar-refractivity contribution in [2.24, 2.45) is 17.3 Å². The Balaban J connectivity index is 1.30. The van der Waals surface area contributed by atoms with Gasteiger partial charge in [0, 0.05) is 61.0 Å². The zero-order valence-electron chi connectivity index (χ0n) is 17.4. The van der Waals surface area contributed by atoms with Crippen molar-refractivity contribution < 1.29 is 0 Å². The van der Waals surface area contributed by atoms with E-state index in [-0.39, 0.29) is 0 Å². The zero-order valence-corrected chi connectivity index (χ0v) is 18.3. The quantitative estimate of drug-likeness (QED) is 0.546. The van der Waals surface area contributed by atoms with Crippen molar-refractivity contribution in [3.05, 3.63) is 11.6 Å². The molecule has 26 heavy (non-hydrogen) atoms. The van der Waals surface area contributed by atoms with E-state index in [1.165, 1.54) is 38.9 Å². The number of thiol groups is 1. The normalized spacial score (nSPS) is 39.8. The summed E-state index contributed by atoms with van der Waals surface area (Å²) < 4.78 is 0. The van der Waals surface area contributed by atoms with E-state index in [0.717, 1.165) is 18.5 Å². The van der Waals surface area contributed by atoms with Gasteiger partial charge in [-0.1, -0.05) is 25.5 Å². The van der Waals surface area contributed by atoms with Crippen molar-refractivity contribution in [3.8, 4) is 0 Å². The predicted molar refractivity (Wildman–Crippen MR) is 114 cm³/mol. The van der Waals surface area contributed by atoms with Gasteiger partial charge in [0.1, 0.15) is 0 Å². The average molecular weight is 378 g/mol. The molecule has 0 amide bonds. The van der Waals surface area contributed by atoms with Gasteiger partial charge in [0.2, 0.25) is 0 Å². The number of nitrogens with one attached hydrogen (secondary N) is 1. The summed E-state index contributed by atoms with van der Waals surface area (Å²) in [6, 6.07) is 2.67. The van der Waals surface area contributed by atoms with E-state index >= 15 is 0 Å². The maximum Gasteiger partial charge on any atom is 0.0270 e. The fraction of sp³-hybridized carbons (Fsp3) is 0.909. The van der Waals surface area contributed by atoms with Crippen LogP contribution in [-0.4, -0.2) is 65.4 Å². The molecule has 1 spiro atoms. The highest BCUT2D eigenvalue weighted by atomic mass is 32.1. The second kappa shape index (κ2) is 7.09. The summed E-state index contributed by atoms with van der Waals surface area (Å²) in [6.45, 7) is 16.7. The Hall–Kier alpha value is -0.0300. The Bertz CT molecular complexity index is 560. The van der Waals surface area contributed by atoms with Crippen LogP contribution >= 0.6 is 12.6 Å². The molecule has 3 aliphatic heterocycles. The van der Waals surface area contributed by atoms with Gasteiger partial charge in [-0.2, -0.15) is 12.6 Å². The smallest absolute Gasteiger partial charge is 0.0270 e. The molecule has 6 atom stereocenters. The SMILES string of the molecule is CC(C)C1=CCN(C(C)CC(S)C2NC3CN(C(C)C)CC34CC24)CC1. The molecular weight excluding hydrogens is 338 g/mol. The van der Waals surface area contributed by atoms with E-state index in [2.05, 4.69) is 55.8 Å². The number of nitrogens with zero attached hydrogens (tertiary/aromatic N) is 2. The lowest BCUT2D eigenvalue weighted by atomic mass is 9.95. The van der Waals surface area contributed by atoms with Crippen LogP contribution in [-0.2, 0) is 0 Å². The Labute approximate surface area is 166 Å². The Kier molecular flexibility index (Phi) is 5.26. The summed E-state index contributed by atoms with van der Waals surface area (Å²) in [5, 5.41) is 4.50.